The first-order valence-electron chi connectivity index (χ1n) is 6.17. The van der Waals surface area contributed by atoms with Crippen molar-refractivity contribution in [3.8, 4) is 5.75 Å². The molecule has 2 aromatic carbocycles. The quantitative estimate of drug-likeness (QED) is 0.843. The minimum absolute atomic E-state index is 0.0214. The van der Waals surface area contributed by atoms with Crippen LogP contribution in [0.3, 0.4) is 0 Å². The molecule has 2 aromatic rings. The third kappa shape index (κ3) is 3.26. The number of carboxylic acid groups (broad SMARTS) is 1. The van der Waals surface area contributed by atoms with Gasteiger partial charge in [0, 0.05) is 7.11 Å². The van der Waals surface area contributed by atoms with Crippen molar-refractivity contribution < 1.29 is 24.5 Å². The molecule has 20 heavy (non-hydrogen) atoms. The third-order valence-corrected chi connectivity index (χ3v) is 2.87. The lowest BCUT2D eigenvalue weighted by Crippen LogP contribution is -2.23. The maximum Gasteiger partial charge on any atom is 0.339 e. The molecule has 106 valence electrons. The van der Waals surface area contributed by atoms with Gasteiger partial charge in [0.2, 0.25) is 0 Å². The van der Waals surface area contributed by atoms with Gasteiger partial charge in [0.1, 0.15) is 24.0 Å². The van der Waals surface area contributed by atoms with Crippen LogP contribution < -0.4 is 4.74 Å². The number of aromatic carboxylic acids is 1. The molecule has 0 aliphatic heterocycles. The Balaban J connectivity index is 2.30. The van der Waals surface area contributed by atoms with Crippen molar-refractivity contribution in [3.05, 3.63) is 42.0 Å². The molecule has 0 fully saturated rings. The van der Waals surface area contributed by atoms with E-state index >= 15 is 0 Å². The van der Waals surface area contributed by atoms with E-state index in [1.54, 1.807) is 12.1 Å². The van der Waals surface area contributed by atoms with E-state index in [4.69, 9.17) is 9.47 Å². The number of carbonyl (C=O) groups is 1. The highest BCUT2D eigenvalue weighted by atomic mass is 16.5. The van der Waals surface area contributed by atoms with Crippen LogP contribution in [0.25, 0.3) is 10.8 Å². The van der Waals surface area contributed by atoms with E-state index in [-0.39, 0.29) is 24.5 Å². The Hall–Kier alpha value is -2.11. The minimum Gasteiger partial charge on any atom is -0.490 e. The fraction of sp³-hybridized carbons (Fsp3) is 0.267. The molecule has 0 aliphatic rings. The van der Waals surface area contributed by atoms with Crippen molar-refractivity contribution in [1.82, 2.24) is 0 Å². The van der Waals surface area contributed by atoms with Crippen LogP contribution in [0.5, 0.6) is 5.75 Å². The highest BCUT2D eigenvalue weighted by Gasteiger charge is 2.14. The average Bonchev–Trinajstić information content (AvgIpc) is 2.44. The number of rotatable bonds is 6. The molecule has 0 saturated carbocycles. The highest BCUT2D eigenvalue weighted by molar-refractivity contribution is 5.97. The van der Waals surface area contributed by atoms with Crippen molar-refractivity contribution in [3.63, 3.8) is 0 Å². The molecule has 0 aromatic heterocycles. The summed E-state index contributed by atoms with van der Waals surface area (Å²) in [4.78, 5) is 11.3. The molecule has 0 amide bonds. The van der Waals surface area contributed by atoms with Crippen molar-refractivity contribution in [2.75, 3.05) is 20.3 Å². The Morgan fingerprint density at radius 3 is 2.45 bits per heavy atom. The van der Waals surface area contributed by atoms with Gasteiger partial charge in [-0.25, -0.2) is 4.79 Å². The summed E-state index contributed by atoms with van der Waals surface area (Å²) >= 11 is 0. The Bertz CT molecular complexity index is 608. The lowest BCUT2D eigenvalue weighted by atomic mass is 10.1. The molecular formula is C15H16O5. The van der Waals surface area contributed by atoms with Crippen molar-refractivity contribution in [2.24, 2.45) is 0 Å². The second-order valence-corrected chi connectivity index (χ2v) is 4.42. The van der Waals surface area contributed by atoms with E-state index in [9.17, 15) is 15.0 Å². The summed E-state index contributed by atoms with van der Waals surface area (Å²) in [5, 5.41) is 20.5. The van der Waals surface area contributed by atoms with Crippen molar-refractivity contribution >= 4 is 16.7 Å². The summed E-state index contributed by atoms with van der Waals surface area (Å²) in [6.45, 7) is 0.114. The number of ether oxygens (including phenoxy) is 2. The second kappa shape index (κ2) is 6.36. The van der Waals surface area contributed by atoms with Crippen LogP contribution in [0, 0.1) is 0 Å². The minimum atomic E-state index is -1.06. The molecule has 0 bridgehead atoms. The number of hydrogen-bond donors (Lipinski definition) is 2. The molecule has 0 heterocycles. The summed E-state index contributed by atoms with van der Waals surface area (Å²) in [7, 11) is 1.47. The first-order valence-corrected chi connectivity index (χ1v) is 6.17. The van der Waals surface area contributed by atoms with Crippen LogP contribution in [0.1, 0.15) is 10.4 Å². The summed E-state index contributed by atoms with van der Waals surface area (Å²) in [6, 6.07) is 10.7. The topological polar surface area (TPSA) is 76.0 Å². The fourth-order valence-corrected chi connectivity index (χ4v) is 1.93. The number of fused-ring (bicyclic) bond motifs is 1. The number of carboxylic acids is 1. The van der Waals surface area contributed by atoms with Crippen LogP contribution in [-0.4, -0.2) is 42.6 Å². The first kappa shape index (κ1) is 14.3. The molecule has 0 radical (unpaired) electrons. The zero-order valence-corrected chi connectivity index (χ0v) is 11.1. The second-order valence-electron chi connectivity index (χ2n) is 4.42. The van der Waals surface area contributed by atoms with E-state index in [2.05, 4.69) is 0 Å². The van der Waals surface area contributed by atoms with Gasteiger partial charge in [-0.15, -0.1) is 0 Å². The molecule has 0 saturated heterocycles. The largest absolute Gasteiger partial charge is 0.490 e. The number of methoxy groups -OCH3 is 1. The van der Waals surface area contributed by atoms with E-state index in [0.29, 0.717) is 0 Å². The maximum atomic E-state index is 11.3. The molecule has 1 unspecified atom stereocenters. The van der Waals surface area contributed by atoms with Crippen LogP contribution in [0.15, 0.2) is 36.4 Å². The predicted molar refractivity (Wildman–Crippen MR) is 74.3 cm³/mol. The number of benzene rings is 2. The lowest BCUT2D eigenvalue weighted by molar-refractivity contribution is 0.0319. The van der Waals surface area contributed by atoms with Gasteiger partial charge in [-0.1, -0.05) is 24.3 Å². The Labute approximate surface area is 116 Å². The van der Waals surface area contributed by atoms with Gasteiger partial charge in [0.05, 0.1) is 6.61 Å². The third-order valence-electron chi connectivity index (χ3n) is 2.87. The zero-order chi connectivity index (χ0) is 14.5. The average molecular weight is 276 g/mol. The van der Waals surface area contributed by atoms with E-state index in [0.717, 1.165) is 10.8 Å². The van der Waals surface area contributed by atoms with Gasteiger partial charge in [-0.3, -0.25) is 0 Å². The van der Waals surface area contributed by atoms with E-state index in [1.807, 2.05) is 24.3 Å². The summed E-state index contributed by atoms with van der Waals surface area (Å²) < 4.78 is 10.2. The normalized spacial score (nSPS) is 12.3. The number of aliphatic hydroxyl groups is 1. The van der Waals surface area contributed by atoms with Gasteiger partial charge in [-0.2, -0.15) is 0 Å². The maximum absolute atomic E-state index is 11.3. The van der Waals surface area contributed by atoms with Gasteiger partial charge < -0.3 is 19.7 Å². The van der Waals surface area contributed by atoms with Gasteiger partial charge in [-0.05, 0) is 22.9 Å². The monoisotopic (exact) mass is 276 g/mol. The molecule has 0 aliphatic carbocycles. The predicted octanol–water partition coefficient (Wildman–Crippen LogP) is 1.92. The van der Waals surface area contributed by atoms with Crippen LogP contribution in [0.4, 0.5) is 0 Å². The standard InChI is InChI=1S/C15H16O5/c1-19-8-12(16)9-20-14-7-11-5-3-2-4-10(11)6-13(14)15(17)18/h2-7,12,16H,8-9H2,1H3,(H,17,18). The Kier molecular flexibility index (Phi) is 4.55. The molecule has 2 N–H and O–H groups in total. The molecule has 5 heteroatoms. The molecule has 1 atom stereocenters. The number of aliphatic hydroxyl groups excluding tert-OH is 1. The molecular weight excluding hydrogens is 260 g/mol. The van der Waals surface area contributed by atoms with Gasteiger partial charge in [0.15, 0.2) is 0 Å². The van der Waals surface area contributed by atoms with E-state index < -0.39 is 12.1 Å². The first-order chi connectivity index (χ1) is 9.61. The number of hydrogen-bond acceptors (Lipinski definition) is 4. The molecule has 5 nitrogen and oxygen atoms in total. The van der Waals surface area contributed by atoms with E-state index in [1.165, 1.54) is 7.11 Å². The van der Waals surface area contributed by atoms with Crippen LogP contribution in [-0.2, 0) is 4.74 Å². The van der Waals surface area contributed by atoms with Crippen LogP contribution >= 0.6 is 0 Å². The zero-order valence-electron chi connectivity index (χ0n) is 11.1. The Morgan fingerprint density at radius 2 is 1.85 bits per heavy atom. The van der Waals surface area contributed by atoms with Crippen molar-refractivity contribution in [1.29, 1.82) is 0 Å². The Morgan fingerprint density at radius 1 is 1.20 bits per heavy atom. The van der Waals surface area contributed by atoms with Crippen molar-refractivity contribution in [2.45, 2.75) is 6.10 Å². The van der Waals surface area contributed by atoms with Crippen LogP contribution in [0.2, 0.25) is 0 Å². The highest BCUT2D eigenvalue weighted by Crippen LogP contribution is 2.26. The van der Waals surface area contributed by atoms with Gasteiger partial charge >= 0.3 is 5.97 Å². The molecule has 2 rings (SSSR count). The fourth-order valence-electron chi connectivity index (χ4n) is 1.93. The molecule has 0 spiro atoms. The SMILES string of the molecule is COCC(O)COc1cc2ccccc2cc1C(=O)O. The summed E-state index contributed by atoms with van der Waals surface area (Å²) in [5.74, 6) is -0.821. The summed E-state index contributed by atoms with van der Waals surface area (Å²) in [5.41, 5.74) is 0.0771. The lowest BCUT2D eigenvalue weighted by Gasteiger charge is -2.14. The smallest absolute Gasteiger partial charge is 0.339 e. The van der Waals surface area contributed by atoms with Gasteiger partial charge in [0.25, 0.3) is 0 Å². The summed E-state index contributed by atoms with van der Waals surface area (Å²) in [6.07, 6.45) is -0.798.